The molecule has 0 aliphatic carbocycles. The molecule has 0 N–H and O–H groups in total. The molecule has 0 aromatic carbocycles. The molecule has 1 aromatic rings. The maximum Gasteiger partial charge on any atom is 0.255 e. The molecule has 0 radical (unpaired) electrons. The Morgan fingerprint density at radius 3 is 2.68 bits per heavy atom. The third-order valence-corrected chi connectivity index (χ3v) is 4.68. The summed E-state index contributed by atoms with van der Waals surface area (Å²) in [5, 5.41) is 0. The first-order chi connectivity index (χ1) is 9.15. The fourth-order valence-corrected chi connectivity index (χ4v) is 3.35. The quantitative estimate of drug-likeness (QED) is 0.852. The molecule has 0 atom stereocenters. The smallest absolute Gasteiger partial charge is 0.255 e. The number of carbonyl (C=O) groups excluding carboxylic acids is 1. The van der Waals surface area contributed by atoms with Crippen molar-refractivity contribution >= 4 is 17.7 Å². The predicted octanol–water partition coefficient (Wildman–Crippen LogP) is 2.84. The third kappa shape index (κ3) is 3.11. The van der Waals surface area contributed by atoms with Gasteiger partial charge >= 0.3 is 0 Å². The molecule has 1 aliphatic heterocycles. The minimum atomic E-state index is 0.166. The van der Waals surface area contributed by atoms with Crippen LogP contribution in [0.1, 0.15) is 40.5 Å². The van der Waals surface area contributed by atoms with Crippen LogP contribution >= 0.6 is 11.8 Å². The highest BCUT2D eigenvalue weighted by atomic mass is 32.2. The van der Waals surface area contributed by atoms with Gasteiger partial charge in [-0.2, -0.15) is 11.8 Å². The summed E-state index contributed by atoms with van der Waals surface area (Å²) in [7, 11) is 0. The Kier molecular flexibility index (Phi) is 4.86. The van der Waals surface area contributed by atoms with Gasteiger partial charge in [-0.25, -0.2) is 0 Å². The Labute approximate surface area is 119 Å². The standard InChI is InChI=1S/C15H22N2OS/c1-4-5-13-11(2)12(3)16-10-14(13)15(18)17-6-8-19-9-7-17/h10H,4-9H2,1-3H3. The van der Waals surface area contributed by atoms with Crippen LogP contribution in [0, 0.1) is 13.8 Å². The number of aromatic nitrogens is 1. The van der Waals surface area contributed by atoms with Gasteiger partial charge in [0.1, 0.15) is 0 Å². The molecular formula is C15H22N2OS. The lowest BCUT2D eigenvalue weighted by Crippen LogP contribution is -2.38. The van der Waals surface area contributed by atoms with Crippen molar-refractivity contribution < 1.29 is 4.79 Å². The first kappa shape index (κ1) is 14.4. The second kappa shape index (κ2) is 6.42. The van der Waals surface area contributed by atoms with Gasteiger partial charge in [0.15, 0.2) is 0 Å². The number of carbonyl (C=O) groups is 1. The maximum atomic E-state index is 12.6. The van der Waals surface area contributed by atoms with Crippen LogP contribution in [0.25, 0.3) is 0 Å². The van der Waals surface area contributed by atoms with E-state index in [4.69, 9.17) is 0 Å². The number of hydrogen-bond donors (Lipinski definition) is 0. The average molecular weight is 278 g/mol. The van der Waals surface area contributed by atoms with Crippen molar-refractivity contribution in [3.8, 4) is 0 Å². The highest BCUT2D eigenvalue weighted by Crippen LogP contribution is 2.21. The van der Waals surface area contributed by atoms with Gasteiger partial charge in [-0.15, -0.1) is 0 Å². The topological polar surface area (TPSA) is 33.2 Å². The molecule has 104 valence electrons. The van der Waals surface area contributed by atoms with Crippen LogP contribution in [0.15, 0.2) is 6.20 Å². The molecule has 0 saturated carbocycles. The maximum absolute atomic E-state index is 12.6. The molecule has 3 nitrogen and oxygen atoms in total. The zero-order valence-electron chi connectivity index (χ0n) is 12.0. The molecule has 0 unspecified atom stereocenters. The minimum Gasteiger partial charge on any atom is -0.337 e. The third-order valence-electron chi connectivity index (χ3n) is 3.74. The molecule has 2 rings (SSSR count). The van der Waals surface area contributed by atoms with E-state index < -0.39 is 0 Å². The van der Waals surface area contributed by atoms with Crippen molar-refractivity contribution in [2.24, 2.45) is 0 Å². The summed E-state index contributed by atoms with van der Waals surface area (Å²) in [4.78, 5) is 19.0. The molecule has 19 heavy (non-hydrogen) atoms. The van der Waals surface area contributed by atoms with Gasteiger partial charge in [0, 0.05) is 36.5 Å². The van der Waals surface area contributed by atoms with E-state index >= 15 is 0 Å². The summed E-state index contributed by atoms with van der Waals surface area (Å²) >= 11 is 1.92. The van der Waals surface area contributed by atoms with Crippen LogP contribution in [0.2, 0.25) is 0 Å². The highest BCUT2D eigenvalue weighted by molar-refractivity contribution is 7.99. The van der Waals surface area contributed by atoms with E-state index in [1.807, 2.05) is 23.6 Å². The molecule has 0 spiro atoms. The van der Waals surface area contributed by atoms with E-state index in [1.165, 1.54) is 11.1 Å². The van der Waals surface area contributed by atoms with Crippen molar-refractivity contribution in [1.82, 2.24) is 9.88 Å². The van der Waals surface area contributed by atoms with Crippen molar-refractivity contribution in [3.63, 3.8) is 0 Å². The molecule has 1 aromatic heterocycles. The van der Waals surface area contributed by atoms with Gasteiger partial charge < -0.3 is 4.90 Å². The second-order valence-corrected chi connectivity index (χ2v) is 6.24. The Morgan fingerprint density at radius 2 is 2.05 bits per heavy atom. The SMILES string of the molecule is CCCc1c(C(=O)N2CCSCC2)cnc(C)c1C. The Bertz CT molecular complexity index is 467. The zero-order valence-corrected chi connectivity index (χ0v) is 12.8. The van der Waals surface area contributed by atoms with Crippen LogP contribution in [0.5, 0.6) is 0 Å². The number of hydrogen-bond acceptors (Lipinski definition) is 3. The van der Waals surface area contributed by atoms with Crippen LogP contribution in [-0.2, 0) is 6.42 Å². The van der Waals surface area contributed by atoms with Crippen LogP contribution in [0.4, 0.5) is 0 Å². The Morgan fingerprint density at radius 1 is 1.37 bits per heavy atom. The number of thioether (sulfide) groups is 1. The Hall–Kier alpha value is -1.03. The van der Waals surface area contributed by atoms with E-state index in [-0.39, 0.29) is 5.91 Å². The summed E-state index contributed by atoms with van der Waals surface area (Å²) < 4.78 is 0. The molecule has 0 bridgehead atoms. The van der Waals surface area contributed by atoms with Crippen LogP contribution in [0.3, 0.4) is 0 Å². The molecule has 2 heterocycles. The molecule has 1 amide bonds. The van der Waals surface area contributed by atoms with Gasteiger partial charge in [-0.3, -0.25) is 9.78 Å². The molecular weight excluding hydrogens is 256 g/mol. The van der Waals surface area contributed by atoms with Crippen molar-refractivity contribution in [2.75, 3.05) is 24.6 Å². The largest absolute Gasteiger partial charge is 0.337 e. The minimum absolute atomic E-state index is 0.166. The first-order valence-corrected chi connectivity index (χ1v) is 8.12. The van der Waals surface area contributed by atoms with Crippen molar-refractivity contribution in [1.29, 1.82) is 0 Å². The fraction of sp³-hybridized carbons (Fsp3) is 0.600. The number of rotatable bonds is 3. The van der Waals surface area contributed by atoms with Gasteiger partial charge in [-0.1, -0.05) is 13.3 Å². The monoisotopic (exact) mass is 278 g/mol. The predicted molar refractivity (Wildman–Crippen MR) is 80.9 cm³/mol. The molecule has 1 aliphatic rings. The van der Waals surface area contributed by atoms with E-state index in [1.54, 1.807) is 6.20 Å². The van der Waals surface area contributed by atoms with E-state index in [0.717, 1.165) is 48.7 Å². The van der Waals surface area contributed by atoms with Gasteiger partial charge in [-0.05, 0) is 31.4 Å². The lowest BCUT2D eigenvalue weighted by Gasteiger charge is -2.27. The zero-order chi connectivity index (χ0) is 13.8. The number of amides is 1. The van der Waals surface area contributed by atoms with Gasteiger partial charge in [0.2, 0.25) is 0 Å². The van der Waals surface area contributed by atoms with Crippen molar-refractivity contribution in [3.05, 3.63) is 28.6 Å². The van der Waals surface area contributed by atoms with Crippen LogP contribution < -0.4 is 0 Å². The fourth-order valence-electron chi connectivity index (χ4n) is 2.45. The molecule has 1 fully saturated rings. The number of aryl methyl sites for hydroxylation is 1. The van der Waals surface area contributed by atoms with Crippen LogP contribution in [-0.4, -0.2) is 40.4 Å². The number of pyridine rings is 1. The lowest BCUT2D eigenvalue weighted by atomic mass is 9.97. The average Bonchev–Trinajstić information content (AvgIpc) is 2.44. The van der Waals surface area contributed by atoms with Gasteiger partial charge in [0.25, 0.3) is 5.91 Å². The normalized spacial score (nSPS) is 15.6. The summed E-state index contributed by atoms with van der Waals surface area (Å²) in [6, 6.07) is 0. The second-order valence-electron chi connectivity index (χ2n) is 5.02. The summed E-state index contributed by atoms with van der Waals surface area (Å²) in [6.07, 6.45) is 3.79. The summed E-state index contributed by atoms with van der Waals surface area (Å²) in [6.45, 7) is 7.97. The first-order valence-electron chi connectivity index (χ1n) is 6.97. The van der Waals surface area contributed by atoms with E-state index in [2.05, 4.69) is 18.8 Å². The molecule has 1 saturated heterocycles. The summed E-state index contributed by atoms with van der Waals surface area (Å²) in [5.74, 6) is 2.26. The van der Waals surface area contributed by atoms with Gasteiger partial charge in [0.05, 0.1) is 5.56 Å². The van der Waals surface area contributed by atoms with E-state index in [0.29, 0.717) is 0 Å². The molecule has 4 heteroatoms. The highest BCUT2D eigenvalue weighted by Gasteiger charge is 2.22. The lowest BCUT2D eigenvalue weighted by molar-refractivity contribution is 0.0770. The summed E-state index contributed by atoms with van der Waals surface area (Å²) in [5.41, 5.74) is 4.23. The Balaban J connectivity index is 2.32. The number of nitrogens with zero attached hydrogens (tertiary/aromatic N) is 2. The van der Waals surface area contributed by atoms with Crippen molar-refractivity contribution in [2.45, 2.75) is 33.6 Å². The van der Waals surface area contributed by atoms with E-state index in [9.17, 15) is 4.79 Å².